The Morgan fingerprint density at radius 1 is 1.17 bits per heavy atom. The van der Waals surface area contributed by atoms with Gasteiger partial charge in [0.15, 0.2) is 0 Å². The van der Waals surface area contributed by atoms with Crippen LogP contribution in [-0.4, -0.2) is 13.0 Å². The highest BCUT2D eigenvalue weighted by atomic mass is 127. The highest BCUT2D eigenvalue weighted by Gasteiger charge is 2.10. The summed E-state index contributed by atoms with van der Waals surface area (Å²) in [7, 11) is -4.05. The van der Waals surface area contributed by atoms with Gasteiger partial charge < -0.3 is 0 Å². The molecule has 3 nitrogen and oxygen atoms in total. The van der Waals surface area contributed by atoms with Crippen molar-refractivity contribution in [1.82, 2.24) is 0 Å². The quantitative estimate of drug-likeness (QED) is 0.571. The molecule has 1 N–H and O–H groups in total. The molecule has 0 radical (unpaired) electrons. The van der Waals surface area contributed by atoms with E-state index in [1.54, 1.807) is 6.07 Å². The van der Waals surface area contributed by atoms with Crippen molar-refractivity contribution < 1.29 is 13.0 Å². The monoisotopic (exact) mass is 410 g/mol. The first-order valence-corrected chi connectivity index (χ1v) is 6.43. The first-order valence-electron chi connectivity index (χ1n) is 2.84. The Hall–Kier alpha value is 0.590. The molecule has 0 saturated heterocycles. The van der Waals surface area contributed by atoms with Crippen LogP contribution in [0.3, 0.4) is 0 Å². The number of benzene rings is 1. The van der Waals surface area contributed by atoms with E-state index >= 15 is 0 Å². The fraction of sp³-hybridized carbons (Fsp3) is 0. The molecule has 0 amide bonds. The van der Waals surface area contributed by atoms with Crippen molar-refractivity contribution in [2.24, 2.45) is 0 Å². The van der Waals surface area contributed by atoms with Crippen LogP contribution in [0.5, 0.6) is 0 Å². The normalized spacial score (nSPS) is 11.6. The van der Waals surface area contributed by atoms with Crippen molar-refractivity contribution >= 4 is 55.3 Å². The van der Waals surface area contributed by atoms with Crippen LogP contribution in [0.25, 0.3) is 0 Å². The Balaban J connectivity index is 3.33. The number of rotatable bonds is 1. The van der Waals surface area contributed by atoms with E-state index in [1.165, 1.54) is 12.1 Å². The van der Waals surface area contributed by atoms with Gasteiger partial charge in [0, 0.05) is 7.14 Å². The predicted octanol–water partition coefficient (Wildman–Crippen LogP) is 2.14. The van der Waals surface area contributed by atoms with Crippen molar-refractivity contribution in [1.29, 1.82) is 0 Å². The molecule has 12 heavy (non-hydrogen) atoms. The van der Waals surface area contributed by atoms with Crippen LogP contribution in [0.1, 0.15) is 0 Å². The predicted molar refractivity (Wildman–Crippen MR) is 61.7 cm³/mol. The van der Waals surface area contributed by atoms with Crippen LogP contribution in [-0.2, 0) is 10.1 Å². The highest BCUT2D eigenvalue weighted by Crippen LogP contribution is 2.18. The van der Waals surface area contributed by atoms with E-state index in [4.69, 9.17) is 4.55 Å². The van der Waals surface area contributed by atoms with E-state index in [1.807, 2.05) is 22.6 Å². The van der Waals surface area contributed by atoms with E-state index in [0.717, 1.165) is 7.14 Å². The van der Waals surface area contributed by atoms with Crippen molar-refractivity contribution in [2.45, 2.75) is 4.90 Å². The molecule has 1 aromatic rings. The maximum absolute atomic E-state index is 10.6. The zero-order valence-corrected chi connectivity index (χ0v) is 10.8. The molecule has 0 unspecified atom stereocenters. The summed E-state index contributed by atoms with van der Waals surface area (Å²) in [6, 6.07) is 4.45. The van der Waals surface area contributed by atoms with E-state index in [0.29, 0.717) is 0 Å². The molecular weight excluding hydrogens is 406 g/mol. The van der Waals surface area contributed by atoms with Crippen molar-refractivity contribution in [3.8, 4) is 0 Å². The highest BCUT2D eigenvalue weighted by molar-refractivity contribution is 14.1. The lowest BCUT2D eigenvalue weighted by molar-refractivity contribution is 0.483. The van der Waals surface area contributed by atoms with E-state index in [9.17, 15) is 8.42 Å². The largest absolute Gasteiger partial charge is 0.294 e. The van der Waals surface area contributed by atoms with Gasteiger partial charge in [0.05, 0.1) is 4.90 Å². The lowest BCUT2D eigenvalue weighted by Gasteiger charge is -1.98. The minimum absolute atomic E-state index is 0.0627. The molecule has 0 aliphatic heterocycles. The van der Waals surface area contributed by atoms with Gasteiger partial charge >= 0.3 is 0 Å². The third kappa shape index (κ3) is 2.54. The Morgan fingerprint density at radius 3 is 2.17 bits per heavy atom. The molecule has 66 valence electrons. The molecule has 0 aliphatic carbocycles. The van der Waals surface area contributed by atoms with Crippen molar-refractivity contribution in [3.63, 3.8) is 0 Å². The maximum Gasteiger partial charge on any atom is 0.294 e. The van der Waals surface area contributed by atoms with Gasteiger partial charge in [0.25, 0.3) is 10.1 Å². The van der Waals surface area contributed by atoms with E-state index in [2.05, 4.69) is 22.6 Å². The van der Waals surface area contributed by atoms with Gasteiger partial charge in [-0.05, 0) is 63.4 Å². The minimum Gasteiger partial charge on any atom is -0.282 e. The van der Waals surface area contributed by atoms with Crippen LogP contribution in [0.2, 0.25) is 0 Å². The maximum atomic E-state index is 10.6. The van der Waals surface area contributed by atoms with Gasteiger partial charge in [-0.1, -0.05) is 0 Å². The molecule has 0 aliphatic rings. The van der Waals surface area contributed by atoms with Gasteiger partial charge in [0.2, 0.25) is 0 Å². The molecule has 0 saturated carbocycles. The van der Waals surface area contributed by atoms with Gasteiger partial charge in [-0.3, -0.25) is 4.55 Å². The van der Waals surface area contributed by atoms with Crippen molar-refractivity contribution in [3.05, 3.63) is 25.3 Å². The molecule has 6 heteroatoms. The van der Waals surface area contributed by atoms with Crippen LogP contribution in [0.4, 0.5) is 0 Å². The molecule has 0 bridgehead atoms. The fourth-order valence-corrected chi connectivity index (χ4v) is 2.21. The van der Waals surface area contributed by atoms with Gasteiger partial charge in [0.1, 0.15) is 0 Å². The smallest absolute Gasteiger partial charge is 0.282 e. The van der Waals surface area contributed by atoms with Gasteiger partial charge in [-0.15, -0.1) is 0 Å². The Bertz CT molecular complexity index is 399. The standard InChI is InChI=1S/C6H4I2O3S/c7-5-2-1-4(3-6(5)8)12(9,10)11/h1-3H,(H,9,10,11). The molecule has 1 aromatic carbocycles. The third-order valence-corrected chi connectivity index (χ3v) is 4.90. The molecule has 0 aromatic heterocycles. The minimum atomic E-state index is -4.05. The average Bonchev–Trinajstić information content (AvgIpc) is 1.92. The number of halogens is 2. The average molecular weight is 410 g/mol. The van der Waals surface area contributed by atoms with E-state index < -0.39 is 10.1 Å². The molecule has 0 fully saturated rings. The lowest BCUT2D eigenvalue weighted by Crippen LogP contribution is -1.98. The molecule has 1 rings (SSSR count). The van der Waals surface area contributed by atoms with Crippen molar-refractivity contribution in [2.75, 3.05) is 0 Å². The van der Waals surface area contributed by atoms with E-state index in [-0.39, 0.29) is 4.90 Å². The summed E-state index contributed by atoms with van der Waals surface area (Å²) in [5, 5.41) is 0. The molecule has 0 spiro atoms. The van der Waals surface area contributed by atoms with Crippen LogP contribution in [0.15, 0.2) is 23.1 Å². The van der Waals surface area contributed by atoms with Gasteiger partial charge in [-0.25, -0.2) is 0 Å². The summed E-state index contributed by atoms with van der Waals surface area (Å²) in [5.74, 6) is 0. The van der Waals surface area contributed by atoms with Crippen LogP contribution >= 0.6 is 45.2 Å². The van der Waals surface area contributed by atoms with Crippen LogP contribution < -0.4 is 0 Å². The Morgan fingerprint density at radius 2 is 1.75 bits per heavy atom. The number of hydrogen-bond acceptors (Lipinski definition) is 2. The summed E-state index contributed by atoms with van der Waals surface area (Å²) < 4.78 is 31.7. The second-order valence-corrected chi connectivity index (χ2v) is 5.80. The molecule has 0 atom stereocenters. The zero-order valence-electron chi connectivity index (χ0n) is 5.66. The van der Waals surface area contributed by atoms with Gasteiger partial charge in [-0.2, -0.15) is 8.42 Å². The summed E-state index contributed by atoms with van der Waals surface area (Å²) in [4.78, 5) is -0.0627. The fourth-order valence-electron chi connectivity index (χ4n) is 0.637. The summed E-state index contributed by atoms with van der Waals surface area (Å²) in [6.07, 6.45) is 0. The molecule has 0 heterocycles. The summed E-state index contributed by atoms with van der Waals surface area (Å²) >= 11 is 4.09. The first kappa shape index (κ1) is 10.7. The molecular formula is C6H4I2O3S. The van der Waals surface area contributed by atoms with Crippen LogP contribution in [0, 0.1) is 7.14 Å². The second-order valence-electron chi connectivity index (χ2n) is 2.05. The summed E-state index contributed by atoms with van der Waals surface area (Å²) in [6.45, 7) is 0. The Labute approximate surface area is 97.6 Å². The third-order valence-electron chi connectivity index (χ3n) is 1.19. The summed E-state index contributed by atoms with van der Waals surface area (Å²) in [5.41, 5.74) is 0. The topological polar surface area (TPSA) is 54.4 Å². The zero-order chi connectivity index (χ0) is 9.35. The Kier molecular flexibility index (Phi) is 3.34. The number of hydrogen-bond donors (Lipinski definition) is 1. The first-order chi connectivity index (χ1) is 5.41. The second kappa shape index (κ2) is 3.76. The lowest BCUT2D eigenvalue weighted by atomic mass is 10.4. The SMILES string of the molecule is O=S(=O)(O)c1ccc(I)c(I)c1.